The molecule has 0 unspecified atom stereocenters. The molecule has 4 aromatic rings. The highest BCUT2D eigenvalue weighted by atomic mass is 19.4. The minimum Gasteiger partial charge on any atom is -0.475 e. The average molecular weight is 434 g/mol. The molecule has 0 saturated carbocycles. The van der Waals surface area contributed by atoms with Gasteiger partial charge in [0.1, 0.15) is 5.82 Å². The fraction of sp³-hybridized carbons (Fsp3) is 0.190. The first-order valence-corrected chi connectivity index (χ1v) is 9.14. The topological polar surface area (TPSA) is 72.9 Å². The first-order chi connectivity index (χ1) is 14.6. The predicted octanol–water partition coefficient (Wildman–Crippen LogP) is 4.68. The summed E-state index contributed by atoms with van der Waals surface area (Å²) in [5, 5.41) is 11.4. The van der Waals surface area contributed by atoms with Gasteiger partial charge in [-0.25, -0.2) is 9.18 Å². The zero-order valence-electron chi connectivity index (χ0n) is 16.3. The summed E-state index contributed by atoms with van der Waals surface area (Å²) in [4.78, 5) is 13.4. The van der Waals surface area contributed by atoms with Gasteiger partial charge >= 0.3 is 12.1 Å². The number of pyridine rings is 1. The van der Waals surface area contributed by atoms with E-state index in [-0.39, 0.29) is 5.82 Å². The molecule has 6 nitrogen and oxygen atoms in total. The maximum Gasteiger partial charge on any atom is 0.490 e. The van der Waals surface area contributed by atoms with Gasteiger partial charge in [0.2, 0.25) is 0 Å². The lowest BCUT2D eigenvalue weighted by Crippen LogP contribution is -2.21. The Labute approximate surface area is 174 Å². The van der Waals surface area contributed by atoms with E-state index < -0.39 is 12.1 Å². The van der Waals surface area contributed by atoms with Crippen LogP contribution in [0.3, 0.4) is 0 Å². The molecule has 0 aliphatic rings. The monoisotopic (exact) mass is 434 g/mol. The van der Waals surface area contributed by atoms with Crippen LogP contribution >= 0.6 is 0 Å². The molecule has 1 aromatic carbocycles. The lowest BCUT2D eigenvalue weighted by molar-refractivity contribution is -0.192. The van der Waals surface area contributed by atoms with Crippen LogP contribution in [-0.4, -0.2) is 36.6 Å². The molecule has 0 atom stereocenters. The second-order valence-corrected chi connectivity index (χ2v) is 6.67. The molecular weight excluding hydrogens is 416 g/mol. The third-order valence-corrected chi connectivity index (χ3v) is 4.48. The SMILES string of the molecule is Cc1cc(-c2cnc3ccn(CCn4cccn4)c3c2)ccc1F.O=C(O)C(F)(F)F. The first kappa shape index (κ1) is 22.0. The van der Waals surface area contributed by atoms with Crippen molar-refractivity contribution < 1.29 is 27.5 Å². The largest absolute Gasteiger partial charge is 0.490 e. The molecule has 0 saturated heterocycles. The van der Waals surface area contributed by atoms with Crippen molar-refractivity contribution >= 4 is 17.0 Å². The van der Waals surface area contributed by atoms with Crippen LogP contribution in [-0.2, 0) is 17.9 Å². The van der Waals surface area contributed by atoms with E-state index in [1.165, 1.54) is 6.07 Å². The van der Waals surface area contributed by atoms with Crippen molar-refractivity contribution in [1.29, 1.82) is 0 Å². The highest BCUT2D eigenvalue weighted by Crippen LogP contribution is 2.25. The summed E-state index contributed by atoms with van der Waals surface area (Å²) in [6, 6.07) is 11.2. The van der Waals surface area contributed by atoms with E-state index in [1.807, 2.05) is 41.5 Å². The van der Waals surface area contributed by atoms with E-state index >= 15 is 0 Å². The number of aryl methyl sites for hydroxylation is 3. The van der Waals surface area contributed by atoms with Crippen LogP contribution in [0.1, 0.15) is 5.56 Å². The van der Waals surface area contributed by atoms with Gasteiger partial charge in [-0.1, -0.05) is 6.07 Å². The van der Waals surface area contributed by atoms with Crippen LogP contribution < -0.4 is 0 Å². The molecule has 4 rings (SSSR count). The fourth-order valence-corrected chi connectivity index (χ4v) is 2.88. The molecule has 0 radical (unpaired) electrons. The second kappa shape index (κ2) is 8.99. The summed E-state index contributed by atoms with van der Waals surface area (Å²) in [5.41, 5.74) is 4.63. The van der Waals surface area contributed by atoms with Gasteiger partial charge in [0.25, 0.3) is 0 Å². The van der Waals surface area contributed by atoms with Gasteiger partial charge in [0.05, 0.1) is 17.6 Å². The molecule has 0 spiro atoms. The third-order valence-electron chi connectivity index (χ3n) is 4.48. The number of alkyl halides is 3. The molecule has 10 heteroatoms. The van der Waals surface area contributed by atoms with Gasteiger partial charge in [0.15, 0.2) is 0 Å². The molecule has 3 aromatic heterocycles. The Bertz CT molecular complexity index is 1180. The summed E-state index contributed by atoms with van der Waals surface area (Å²) in [7, 11) is 0. The zero-order valence-corrected chi connectivity index (χ0v) is 16.3. The van der Waals surface area contributed by atoms with Gasteiger partial charge in [-0.2, -0.15) is 18.3 Å². The molecule has 0 aliphatic carbocycles. The van der Waals surface area contributed by atoms with Gasteiger partial charge < -0.3 is 9.67 Å². The van der Waals surface area contributed by atoms with Crippen LogP contribution in [0.4, 0.5) is 17.6 Å². The average Bonchev–Trinajstić information content (AvgIpc) is 3.37. The lowest BCUT2D eigenvalue weighted by Gasteiger charge is -2.08. The Morgan fingerprint density at radius 2 is 1.84 bits per heavy atom. The van der Waals surface area contributed by atoms with Gasteiger partial charge in [-0.15, -0.1) is 0 Å². The number of carbonyl (C=O) groups is 1. The summed E-state index contributed by atoms with van der Waals surface area (Å²) < 4.78 is 49.3. The minimum absolute atomic E-state index is 0.185. The number of carboxylic acid groups (broad SMARTS) is 1. The number of hydrogen-bond donors (Lipinski definition) is 1. The Hall–Kier alpha value is -3.69. The van der Waals surface area contributed by atoms with E-state index in [9.17, 15) is 17.6 Å². The smallest absolute Gasteiger partial charge is 0.475 e. The Kier molecular flexibility index (Phi) is 6.38. The lowest BCUT2D eigenvalue weighted by atomic mass is 10.0. The van der Waals surface area contributed by atoms with Crippen molar-refractivity contribution in [3.05, 3.63) is 72.6 Å². The molecular formula is C21H18F4N4O2. The maximum absolute atomic E-state index is 13.5. The quantitative estimate of drug-likeness (QED) is 0.474. The maximum atomic E-state index is 13.5. The minimum atomic E-state index is -5.08. The van der Waals surface area contributed by atoms with Crippen LogP contribution in [0.2, 0.25) is 0 Å². The van der Waals surface area contributed by atoms with Crippen molar-refractivity contribution in [3.8, 4) is 11.1 Å². The van der Waals surface area contributed by atoms with E-state index in [1.54, 1.807) is 19.2 Å². The number of benzene rings is 1. The number of rotatable bonds is 4. The standard InChI is InChI=1S/C19H17FN4.C2HF3O2/c1-14-11-15(3-4-17(14)20)16-12-19-18(21-13-16)5-8-23(19)9-10-24-7-2-6-22-24;3-2(4,5)1(6)7/h2-8,11-13H,9-10H2,1H3;(H,6,7). The highest BCUT2D eigenvalue weighted by molar-refractivity contribution is 5.81. The number of hydrogen-bond acceptors (Lipinski definition) is 3. The summed E-state index contributed by atoms with van der Waals surface area (Å²) >= 11 is 0. The molecule has 1 N–H and O–H groups in total. The molecule has 162 valence electrons. The second-order valence-electron chi connectivity index (χ2n) is 6.67. The normalized spacial score (nSPS) is 11.3. The van der Waals surface area contributed by atoms with E-state index in [0.29, 0.717) is 5.56 Å². The number of aliphatic carboxylic acids is 1. The Balaban J connectivity index is 0.000000339. The van der Waals surface area contributed by atoms with Gasteiger partial charge in [-0.3, -0.25) is 9.67 Å². The van der Waals surface area contributed by atoms with Crippen molar-refractivity contribution in [2.45, 2.75) is 26.2 Å². The molecule has 0 aliphatic heterocycles. The molecule has 3 heterocycles. The number of nitrogens with zero attached hydrogens (tertiary/aromatic N) is 4. The predicted molar refractivity (Wildman–Crippen MR) is 106 cm³/mol. The van der Waals surface area contributed by atoms with Crippen LogP contribution in [0, 0.1) is 12.7 Å². The molecule has 0 bridgehead atoms. The zero-order chi connectivity index (χ0) is 22.6. The van der Waals surface area contributed by atoms with E-state index in [2.05, 4.69) is 20.7 Å². The Morgan fingerprint density at radius 1 is 1.10 bits per heavy atom. The van der Waals surface area contributed by atoms with Gasteiger partial charge in [0, 0.05) is 36.9 Å². The Morgan fingerprint density at radius 3 is 2.45 bits per heavy atom. The number of fused-ring (bicyclic) bond motifs is 1. The summed E-state index contributed by atoms with van der Waals surface area (Å²) in [5.74, 6) is -2.94. The number of halogens is 4. The van der Waals surface area contributed by atoms with Crippen molar-refractivity contribution in [1.82, 2.24) is 19.3 Å². The third kappa shape index (κ3) is 5.47. The fourth-order valence-electron chi connectivity index (χ4n) is 2.88. The highest BCUT2D eigenvalue weighted by Gasteiger charge is 2.38. The summed E-state index contributed by atoms with van der Waals surface area (Å²) in [6.07, 6.45) is 2.54. The molecule has 31 heavy (non-hydrogen) atoms. The van der Waals surface area contributed by atoms with Crippen molar-refractivity contribution in [2.75, 3.05) is 0 Å². The van der Waals surface area contributed by atoms with Crippen LogP contribution in [0.5, 0.6) is 0 Å². The van der Waals surface area contributed by atoms with Crippen molar-refractivity contribution in [3.63, 3.8) is 0 Å². The molecule has 0 fully saturated rings. The number of aromatic nitrogens is 4. The first-order valence-electron chi connectivity index (χ1n) is 9.14. The molecule has 0 amide bonds. The van der Waals surface area contributed by atoms with E-state index in [0.717, 1.165) is 35.2 Å². The summed E-state index contributed by atoms with van der Waals surface area (Å²) in [6.45, 7) is 3.40. The number of carboxylic acids is 1. The van der Waals surface area contributed by atoms with Crippen LogP contribution in [0.15, 0.2) is 61.2 Å². The van der Waals surface area contributed by atoms with E-state index in [4.69, 9.17) is 9.90 Å². The van der Waals surface area contributed by atoms with Crippen LogP contribution in [0.25, 0.3) is 22.2 Å². The van der Waals surface area contributed by atoms with Gasteiger partial charge in [-0.05, 0) is 48.4 Å². The van der Waals surface area contributed by atoms with Crippen molar-refractivity contribution in [2.24, 2.45) is 0 Å².